The lowest BCUT2D eigenvalue weighted by Crippen LogP contribution is -2.13. The Bertz CT molecular complexity index is 780. The number of halogens is 5. The molecule has 29 heavy (non-hydrogen) atoms. The van der Waals surface area contributed by atoms with E-state index in [1.807, 2.05) is 12.1 Å². The highest BCUT2D eigenvalue weighted by Crippen LogP contribution is 2.40. The number of rotatable bonds is 7. The second-order valence-corrected chi connectivity index (χ2v) is 8.62. The van der Waals surface area contributed by atoms with Gasteiger partial charge < -0.3 is 0 Å². The van der Waals surface area contributed by atoms with Crippen molar-refractivity contribution in [3.63, 3.8) is 0 Å². The number of unbranched alkanes of at least 4 members (excludes halogenated alkanes) is 2. The molecule has 0 bridgehead atoms. The molecule has 1 aliphatic rings. The second kappa shape index (κ2) is 9.51. The molecule has 0 amide bonds. The molecule has 0 aromatic heterocycles. The molecule has 0 radical (unpaired) electrons. The van der Waals surface area contributed by atoms with E-state index in [4.69, 9.17) is 11.6 Å². The van der Waals surface area contributed by atoms with Crippen LogP contribution in [-0.4, -0.2) is 0 Å². The Morgan fingerprint density at radius 2 is 1.48 bits per heavy atom. The summed E-state index contributed by atoms with van der Waals surface area (Å²) in [5, 5.41) is -4.08. The molecule has 0 unspecified atom stereocenters. The normalized spacial score (nSPS) is 20.1. The van der Waals surface area contributed by atoms with Gasteiger partial charge in [0.1, 0.15) is 17.2 Å². The molecule has 158 valence electrons. The lowest BCUT2D eigenvalue weighted by atomic mass is 9.77. The Morgan fingerprint density at radius 1 is 0.897 bits per heavy atom. The first-order valence-electron chi connectivity index (χ1n) is 10.5. The van der Waals surface area contributed by atoms with Gasteiger partial charge >= 0.3 is 5.38 Å². The van der Waals surface area contributed by atoms with Crippen molar-refractivity contribution >= 4 is 11.6 Å². The van der Waals surface area contributed by atoms with Gasteiger partial charge in [-0.1, -0.05) is 56.9 Å². The average Bonchev–Trinajstić information content (AvgIpc) is 2.67. The molecule has 1 fully saturated rings. The molecule has 0 nitrogen and oxygen atoms in total. The van der Waals surface area contributed by atoms with Crippen molar-refractivity contribution in [3.05, 3.63) is 59.2 Å². The first-order chi connectivity index (χ1) is 13.8. The molecule has 2 aromatic rings. The zero-order valence-corrected chi connectivity index (χ0v) is 17.4. The van der Waals surface area contributed by atoms with Crippen LogP contribution in [0.2, 0.25) is 0 Å². The molecule has 0 saturated heterocycles. The fourth-order valence-corrected chi connectivity index (χ4v) is 4.61. The minimum absolute atomic E-state index is 0.218. The third kappa shape index (κ3) is 5.53. The monoisotopic (exact) mass is 426 g/mol. The minimum Gasteiger partial charge on any atom is -0.206 e. The first kappa shape index (κ1) is 22.1. The van der Waals surface area contributed by atoms with Crippen LogP contribution in [0.15, 0.2) is 36.4 Å². The lowest BCUT2D eigenvalue weighted by molar-refractivity contribution is 0.0859. The van der Waals surface area contributed by atoms with E-state index in [1.165, 1.54) is 56.9 Å². The van der Waals surface area contributed by atoms with E-state index in [0.717, 1.165) is 18.1 Å². The zero-order chi connectivity index (χ0) is 21.0. The van der Waals surface area contributed by atoms with E-state index in [1.54, 1.807) is 12.1 Å². The van der Waals surface area contributed by atoms with Crippen molar-refractivity contribution in [2.75, 3.05) is 0 Å². The van der Waals surface area contributed by atoms with E-state index in [0.29, 0.717) is 11.5 Å². The molecule has 0 N–H and O–H groups in total. The average molecular weight is 427 g/mol. The maximum Gasteiger partial charge on any atom is 0.353 e. The third-order valence-electron chi connectivity index (χ3n) is 6.10. The van der Waals surface area contributed by atoms with Crippen LogP contribution in [-0.2, 0) is 5.38 Å². The fraction of sp³-hybridized carbons (Fsp3) is 0.500. The largest absolute Gasteiger partial charge is 0.353 e. The Balaban J connectivity index is 1.67. The number of hydrogen-bond donors (Lipinski definition) is 0. The molecule has 3 rings (SSSR count). The molecule has 0 aliphatic heterocycles. The SMILES string of the molecule is CCCCC[C@H]1CC[C@H](c2ccc(-c3cc(F)c(C(F)(F)Cl)c(F)c3)cc2)CC1. The predicted octanol–water partition coefficient (Wildman–Crippen LogP) is 8.77. The summed E-state index contributed by atoms with van der Waals surface area (Å²) in [6.07, 6.45) is 10.0. The molecule has 2 aromatic carbocycles. The third-order valence-corrected chi connectivity index (χ3v) is 6.29. The van der Waals surface area contributed by atoms with Gasteiger partial charge in [0.15, 0.2) is 0 Å². The van der Waals surface area contributed by atoms with Crippen molar-refractivity contribution in [1.82, 2.24) is 0 Å². The van der Waals surface area contributed by atoms with Gasteiger partial charge in [0.05, 0.1) is 0 Å². The van der Waals surface area contributed by atoms with Crippen molar-refractivity contribution in [3.8, 4) is 11.1 Å². The molecular formula is C24H27ClF4. The first-order valence-corrected chi connectivity index (χ1v) is 10.8. The summed E-state index contributed by atoms with van der Waals surface area (Å²) < 4.78 is 54.3. The molecule has 0 atom stereocenters. The van der Waals surface area contributed by atoms with Crippen LogP contribution in [0.4, 0.5) is 17.6 Å². The van der Waals surface area contributed by atoms with Gasteiger partial charge in [-0.2, -0.15) is 8.78 Å². The van der Waals surface area contributed by atoms with Gasteiger partial charge in [-0.15, -0.1) is 0 Å². The van der Waals surface area contributed by atoms with Crippen LogP contribution in [0.5, 0.6) is 0 Å². The molecule has 0 spiro atoms. The van der Waals surface area contributed by atoms with Crippen molar-refractivity contribution in [2.24, 2.45) is 5.92 Å². The topological polar surface area (TPSA) is 0 Å². The summed E-state index contributed by atoms with van der Waals surface area (Å²) in [6.45, 7) is 2.23. The van der Waals surface area contributed by atoms with Crippen molar-refractivity contribution in [1.29, 1.82) is 0 Å². The summed E-state index contributed by atoms with van der Waals surface area (Å²) in [6, 6.07) is 9.38. The fourth-order valence-electron chi connectivity index (χ4n) is 4.43. The van der Waals surface area contributed by atoms with Crippen LogP contribution < -0.4 is 0 Å². The summed E-state index contributed by atoms with van der Waals surface area (Å²) in [5.41, 5.74) is 0.626. The summed E-state index contributed by atoms with van der Waals surface area (Å²) >= 11 is 4.81. The summed E-state index contributed by atoms with van der Waals surface area (Å²) in [4.78, 5) is 0. The van der Waals surface area contributed by atoms with Crippen LogP contribution in [0.1, 0.15) is 75.3 Å². The van der Waals surface area contributed by atoms with E-state index >= 15 is 0 Å². The summed E-state index contributed by atoms with van der Waals surface area (Å²) in [7, 11) is 0. The van der Waals surface area contributed by atoms with E-state index in [2.05, 4.69) is 6.92 Å². The van der Waals surface area contributed by atoms with Gasteiger partial charge in [0, 0.05) is 0 Å². The Hall–Kier alpha value is -1.55. The number of benzene rings is 2. The zero-order valence-electron chi connectivity index (χ0n) is 16.7. The van der Waals surface area contributed by atoms with Crippen LogP contribution in [0.3, 0.4) is 0 Å². The van der Waals surface area contributed by atoms with Gasteiger partial charge in [-0.3, -0.25) is 0 Å². The Morgan fingerprint density at radius 3 is 2.00 bits per heavy atom. The molecule has 5 heteroatoms. The maximum atomic E-state index is 14.0. The highest BCUT2D eigenvalue weighted by atomic mass is 35.5. The van der Waals surface area contributed by atoms with Crippen LogP contribution >= 0.6 is 11.6 Å². The molecule has 1 saturated carbocycles. The Labute approximate surface area is 175 Å². The second-order valence-electron chi connectivity index (χ2n) is 8.15. The van der Waals surface area contributed by atoms with Crippen molar-refractivity contribution < 1.29 is 17.6 Å². The lowest BCUT2D eigenvalue weighted by Gasteiger charge is -2.29. The van der Waals surface area contributed by atoms with E-state index in [-0.39, 0.29) is 5.56 Å². The van der Waals surface area contributed by atoms with Gasteiger partial charge in [0.2, 0.25) is 0 Å². The number of alkyl halides is 3. The quantitative estimate of drug-likeness (QED) is 0.236. The maximum absolute atomic E-state index is 14.0. The van der Waals surface area contributed by atoms with Gasteiger partial charge in [-0.25, -0.2) is 8.78 Å². The van der Waals surface area contributed by atoms with Crippen LogP contribution in [0.25, 0.3) is 11.1 Å². The smallest absolute Gasteiger partial charge is 0.206 e. The highest BCUT2D eigenvalue weighted by molar-refractivity contribution is 6.21. The van der Waals surface area contributed by atoms with Gasteiger partial charge in [-0.05, 0) is 77.9 Å². The minimum atomic E-state index is -4.08. The molecular weight excluding hydrogens is 400 g/mol. The molecule has 1 aliphatic carbocycles. The van der Waals surface area contributed by atoms with E-state index < -0.39 is 22.6 Å². The van der Waals surface area contributed by atoms with E-state index in [9.17, 15) is 17.6 Å². The van der Waals surface area contributed by atoms with Crippen molar-refractivity contribution in [2.45, 2.75) is 69.6 Å². The molecule has 0 heterocycles. The standard InChI is InChI=1S/C24H27ClF4/c1-2-3-4-5-16-6-8-17(9-7-16)18-10-12-19(13-11-18)20-14-21(26)23(22(27)15-20)24(25,28)29/h10-17H,2-9H2,1H3/t16-,17-. The number of hydrogen-bond acceptors (Lipinski definition) is 0. The van der Waals surface area contributed by atoms with Gasteiger partial charge in [0.25, 0.3) is 0 Å². The van der Waals surface area contributed by atoms with Crippen LogP contribution in [0, 0.1) is 17.6 Å². The predicted molar refractivity (Wildman–Crippen MR) is 110 cm³/mol. The summed E-state index contributed by atoms with van der Waals surface area (Å²) in [5.74, 6) is -1.34. The Kier molecular flexibility index (Phi) is 7.26. The highest BCUT2D eigenvalue weighted by Gasteiger charge is 2.35.